The first-order chi connectivity index (χ1) is 12.0. The number of rotatable bonds is 6. The zero-order chi connectivity index (χ0) is 17.9. The van der Waals surface area contributed by atoms with Crippen molar-refractivity contribution in [3.05, 3.63) is 47.1 Å². The summed E-state index contributed by atoms with van der Waals surface area (Å²) >= 11 is 1.19. The van der Waals surface area contributed by atoms with Crippen molar-refractivity contribution in [1.29, 1.82) is 0 Å². The fraction of sp³-hybridized carbons (Fsp3) is 0.412. The Morgan fingerprint density at radius 1 is 1.28 bits per heavy atom. The lowest BCUT2D eigenvalue weighted by Gasteiger charge is -2.16. The fourth-order valence-electron chi connectivity index (χ4n) is 2.79. The summed E-state index contributed by atoms with van der Waals surface area (Å²) in [6.07, 6.45) is 5.45. The summed E-state index contributed by atoms with van der Waals surface area (Å²) in [5.74, 6) is -0.0455. The predicted octanol–water partition coefficient (Wildman–Crippen LogP) is 2.13. The van der Waals surface area contributed by atoms with Crippen LogP contribution in [-0.2, 0) is 27.8 Å². The SMILES string of the molecule is CN(Cc1cccnc1)C(=O)Cc1ccc(S(=O)(=O)N2CCCC2)s1. The van der Waals surface area contributed by atoms with Crippen LogP contribution in [0.2, 0.25) is 0 Å². The van der Waals surface area contributed by atoms with Gasteiger partial charge in [0.1, 0.15) is 4.21 Å². The van der Waals surface area contributed by atoms with E-state index in [1.54, 1.807) is 36.5 Å². The Kier molecular flexibility index (Phi) is 5.51. The standard InChI is InChI=1S/C17H21N3O3S2/c1-19(13-14-5-4-8-18-12-14)16(21)11-15-6-7-17(24-15)25(22,23)20-9-2-3-10-20/h4-8,12H,2-3,9-11,13H2,1H3. The van der Waals surface area contributed by atoms with Gasteiger partial charge in [0.15, 0.2) is 0 Å². The summed E-state index contributed by atoms with van der Waals surface area (Å²) in [4.78, 5) is 18.8. The van der Waals surface area contributed by atoms with Crippen LogP contribution in [0, 0.1) is 0 Å². The quantitative estimate of drug-likeness (QED) is 0.771. The van der Waals surface area contributed by atoms with Crippen LogP contribution in [0.3, 0.4) is 0 Å². The average molecular weight is 380 g/mol. The molecule has 0 aliphatic carbocycles. The van der Waals surface area contributed by atoms with E-state index in [4.69, 9.17) is 0 Å². The van der Waals surface area contributed by atoms with Gasteiger partial charge in [-0.15, -0.1) is 11.3 Å². The Balaban J connectivity index is 1.63. The third kappa shape index (κ3) is 4.26. The van der Waals surface area contributed by atoms with Gasteiger partial charge in [0.25, 0.3) is 10.0 Å². The van der Waals surface area contributed by atoms with Crippen LogP contribution < -0.4 is 0 Å². The van der Waals surface area contributed by atoms with Crippen LogP contribution >= 0.6 is 11.3 Å². The van der Waals surface area contributed by atoms with Crippen LogP contribution in [0.5, 0.6) is 0 Å². The van der Waals surface area contributed by atoms with Gasteiger partial charge in [-0.1, -0.05) is 6.07 Å². The van der Waals surface area contributed by atoms with Crippen LogP contribution in [0.15, 0.2) is 40.9 Å². The summed E-state index contributed by atoms with van der Waals surface area (Å²) in [5, 5.41) is 0. The molecular formula is C17H21N3O3S2. The monoisotopic (exact) mass is 379 g/mol. The number of pyridine rings is 1. The first-order valence-electron chi connectivity index (χ1n) is 8.18. The molecule has 0 aromatic carbocycles. The minimum absolute atomic E-state index is 0.0455. The predicted molar refractivity (Wildman–Crippen MR) is 96.7 cm³/mol. The Bertz CT molecular complexity index is 828. The molecule has 6 nitrogen and oxygen atoms in total. The number of nitrogens with zero attached hydrogens (tertiary/aromatic N) is 3. The summed E-state index contributed by atoms with van der Waals surface area (Å²) < 4.78 is 26.9. The topological polar surface area (TPSA) is 70.6 Å². The van der Waals surface area contributed by atoms with Crippen molar-refractivity contribution in [3.63, 3.8) is 0 Å². The van der Waals surface area contributed by atoms with Crippen molar-refractivity contribution < 1.29 is 13.2 Å². The van der Waals surface area contributed by atoms with Crippen LogP contribution in [0.1, 0.15) is 23.3 Å². The van der Waals surface area contributed by atoms with Crippen molar-refractivity contribution in [2.75, 3.05) is 20.1 Å². The van der Waals surface area contributed by atoms with Gasteiger partial charge < -0.3 is 4.90 Å². The molecule has 2 aromatic rings. The van der Waals surface area contributed by atoms with Crippen molar-refractivity contribution in [2.45, 2.75) is 30.0 Å². The summed E-state index contributed by atoms with van der Waals surface area (Å²) in [6.45, 7) is 1.65. The Morgan fingerprint density at radius 2 is 2.04 bits per heavy atom. The van der Waals surface area contributed by atoms with E-state index < -0.39 is 10.0 Å². The van der Waals surface area contributed by atoms with Crippen molar-refractivity contribution in [1.82, 2.24) is 14.2 Å². The summed E-state index contributed by atoms with van der Waals surface area (Å²) in [5.41, 5.74) is 0.960. The normalized spacial score (nSPS) is 15.4. The first kappa shape index (κ1) is 18.0. The number of carbonyl (C=O) groups excluding carboxylic acids is 1. The molecule has 0 radical (unpaired) electrons. The molecule has 1 fully saturated rings. The van der Waals surface area contributed by atoms with E-state index in [1.807, 2.05) is 12.1 Å². The van der Waals surface area contributed by atoms with Gasteiger partial charge in [0.2, 0.25) is 5.91 Å². The Hall–Kier alpha value is -1.77. The lowest BCUT2D eigenvalue weighted by atomic mass is 10.2. The van der Waals surface area contributed by atoms with Crippen LogP contribution in [-0.4, -0.2) is 48.7 Å². The van der Waals surface area contributed by atoms with Crippen LogP contribution in [0.25, 0.3) is 0 Å². The van der Waals surface area contributed by atoms with Crippen molar-refractivity contribution in [3.8, 4) is 0 Å². The maximum Gasteiger partial charge on any atom is 0.252 e. The number of carbonyl (C=O) groups is 1. The highest BCUT2D eigenvalue weighted by molar-refractivity contribution is 7.91. The molecule has 2 aromatic heterocycles. The smallest absolute Gasteiger partial charge is 0.252 e. The maximum atomic E-state index is 12.5. The third-order valence-electron chi connectivity index (χ3n) is 4.19. The average Bonchev–Trinajstić information content (AvgIpc) is 3.28. The number of hydrogen-bond donors (Lipinski definition) is 0. The maximum absolute atomic E-state index is 12.5. The van der Waals surface area contributed by atoms with Gasteiger partial charge in [-0.25, -0.2) is 8.42 Å². The van der Waals surface area contributed by atoms with Crippen molar-refractivity contribution >= 4 is 27.3 Å². The highest BCUT2D eigenvalue weighted by Gasteiger charge is 2.28. The molecule has 0 N–H and O–H groups in total. The number of likely N-dealkylation sites (N-methyl/N-ethyl adjacent to an activating group) is 1. The van der Waals surface area contributed by atoms with Gasteiger partial charge >= 0.3 is 0 Å². The van der Waals surface area contributed by atoms with Gasteiger partial charge in [-0.2, -0.15) is 4.31 Å². The molecule has 0 atom stereocenters. The Morgan fingerprint density at radius 3 is 2.72 bits per heavy atom. The summed E-state index contributed by atoms with van der Waals surface area (Å²) in [7, 11) is -1.66. The fourth-order valence-corrected chi connectivity index (χ4v) is 5.80. The molecule has 0 saturated carbocycles. The molecule has 3 heterocycles. The van der Waals surface area contributed by atoms with Gasteiger partial charge in [-0.3, -0.25) is 9.78 Å². The molecule has 134 valence electrons. The van der Waals surface area contributed by atoms with E-state index in [9.17, 15) is 13.2 Å². The number of hydrogen-bond acceptors (Lipinski definition) is 5. The summed E-state index contributed by atoms with van der Waals surface area (Å²) in [6, 6.07) is 7.11. The molecule has 0 unspecified atom stereocenters. The van der Waals surface area contributed by atoms with Gasteiger partial charge in [0, 0.05) is 44.0 Å². The van der Waals surface area contributed by atoms with E-state index in [0.29, 0.717) is 23.8 Å². The number of aromatic nitrogens is 1. The Labute approximate surface area is 152 Å². The second-order valence-corrected chi connectivity index (χ2v) is 9.45. The molecule has 8 heteroatoms. The molecular weight excluding hydrogens is 358 g/mol. The number of sulfonamides is 1. The molecule has 1 aliphatic heterocycles. The van der Waals surface area contributed by atoms with E-state index in [2.05, 4.69) is 4.98 Å². The minimum Gasteiger partial charge on any atom is -0.341 e. The third-order valence-corrected chi connectivity index (χ3v) is 7.64. The molecule has 1 amide bonds. The largest absolute Gasteiger partial charge is 0.341 e. The van der Waals surface area contributed by atoms with Crippen LogP contribution in [0.4, 0.5) is 0 Å². The van der Waals surface area contributed by atoms with Gasteiger partial charge in [0.05, 0.1) is 6.42 Å². The molecule has 0 bridgehead atoms. The zero-order valence-electron chi connectivity index (χ0n) is 14.1. The van der Waals surface area contributed by atoms with E-state index >= 15 is 0 Å². The highest BCUT2D eigenvalue weighted by atomic mass is 32.2. The molecule has 1 aliphatic rings. The van der Waals surface area contributed by atoms with E-state index in [0.717, 1.165) is 23.3 Å². The lowest BCUT2D eigenvalue weighted by molar-refractivity contribution is -0.129. The van der Waals surface area contributed by atoms with Crippen molar-refractivity contribution in [2.24, 2.45) is 0 Å². The number of thiophene rings is 1. The molecule has 0 spiro atoms. The highest BCUT2D eigenvalue weighted by Crippen LogP contribution is 2.27. The van der Waals surface area contributed by atoms with E-state index in [-0.39, 0.29) is 12.3 Å². The first-order valence-corrected chi connectivity index (χ1v) is 10.4. The number of amides is 1. The van der Waals surface area contributed by atoms with E-state index in [1.165, 1.54) is 15.6 Å². The molecule has 25 heavy (non-hydrogen) atoms. The second-order valence-electron chi connectivity index (χ2n) is 6.12. The molecule has 1 saturated heterocycles. The second kappa shape index (κ2) is 7.63. The molecule has 3 rings (SSSR count). The zero-order valence-corrected chi connectivity index (χ0v) is 15.7. The minimum atomic E-state index is -3.40. The lowest BCUT2D eigenvalue weighted by Crippen LogP contribution is -2.27. The van der Waals surface area contributed by atoms with Gasteiger partial charge in [-0.05, 0) is 36.6 Å².